The van der Waals surface area contributed by atoms with Gasteiger partial charge in [-0.3, -0.25) is 4.98 Å². The number of aromatic nitrogens is 5. The van der Waals surface area contributed by atoms with Gasteiger partial charge in [0.25, 0.3) is 5.88 Å². The number of methoxy groups -OCH3 is 1. The lowest BCUT2D eigenvalue weighted by atomic mass is 10.1. The number of hydrogen-bond acceptors (Lipinski definition) is 7. The van der Waals surface area contributed by atoms with Crippen LogP contribution in [0.4, 0.5) is 0 Å². The zero-order chi connectivity index (χ0) is 20.1. The van der Waals surface area contributed by atoms with E-state index in [-0.39, 0.29) is 6.04 Å². The molecular formula is C20H26N6O2. The number of pyridine rings is 1. The van der Waals surface area contributed by atoms with Gasteiger partial charge in [-0.2, -0.15) is 4.98 Å². The Hall–Kier alpha value is -3.00. The predicted octanol–water partition coefficient (Wildman–Crippen LogP) is 3.13. The van der Waals surface area contributed by atoms with Crippen molar-refractivity contribution in [1.29, 1.82) is 0 Å². The summed E-state index contributed by atoms with van der Waals surface area (Å²) in [6.45, 7) is 11.1. The first-order chi connectivity index (χ1) is 13.6. The molecule has 0 aliphatic rings. The van der Waals surface area contributed by atoms with Crippen LogP contribution in [0.15, 0.2) is 31.1 Å². The van der Waals surface area contributed by atoms with E-state index in [1.807, 2.05) is 19.2 Å². The Labute approximate surface area is 164 Å². The first-order valence-corrected chi connectivity index (χ1v) is 9.32. The third-order valence-electron chi connectivity index (χ3n) is 4.27. The zero-order valence-electron chi connectivity index (χ0n) is 16.8. The summed E-state index contributed by atoms with van der Waals surface area (Å²) < 4.78 is 13.0. The molecule has 0 aliphatic carbocycles. The van der Waals surface area contributed by atoms with Crippen molar-refractivity contribution < 1.29 is 9.47 Å². The van der Waals surface area contributed by atoms with Crippen LogP contribution in [0, 0.1) is 6.92 Å². The zero-order valence-corrected chi connectivity index (χ0v) is 16.8. The maximum absolute atomic E-state index is 5.85. The second kappa shape index (κ2) is 8.79. The highest BCUT2D eigenvalue weighted by molar-refractivity contribution is 5.66. The van der Waals surface area contributed by atoms with Crippen molar-refractivity contribution in [2.75, 3.05) is 20.3 Å². The van der Waals surface area contributed by atoms with Gasteiger partial charge in [-0.15, -0.1) is 11.7 Å². The monoisotopic (exact) mass is 382 g/mol. The molecule has 0 bridgehead atoms. The number of rotatable bonds is 9. The van der Waals surface area contributed by atoms with Crippen molar-refractivity contribution in [3.63, 3.8) is 0 Å². The van der Waals surface area contributed by atoms with Crippen molar-refractivity contribution in [3.05, 3.63) is 42.5 Å². The highest BCUT2D eigenvalue weighted by Gasteiger charge is 2.18. The number of ether oxygens (including phenoxy) is 2. The van der Waals surface area contributed by atoms with Gasteiger partial charge in [0.05, 0.1) is 43.1 Å². The molecule has 0 aliphatic heterocycles. The smallest absolute Gasteiger partial charge is 0.261 e. The minimum absolute atomic E-state index is 0.0946. The average molecular weight is 382 g/mol. The molecule has 0 spiro atoms. The molecule has 0 fully saturated rings. The van der Waals surface area contributed by atoms with Crippen molar-refractivity contribution in [3.8, 4) is 23.0 Å². The Balaban J connectivity index is 2.11. The fourth-order valence-corrected chi connectivity index (χ4v) is 2.87. The second-order valence-electron chi connectivity index (χ2n) is 6.41. The van der Waals surface area contributed by atoms with Crippen LogP contribution in [0.2, 0.25) is 0 Å². The number of nitrogens with zero attached hydrogens (tertiary/aromatic N) is 5. The molecule has 1 atom stereocenters. The summed E-state index contributed by atoms with van der Waals surface area (Å²) in [7, 11) is 1.61. The van der Waals surface area contributed by atoms with Crippen LogP contribution in [0.1, 0.15) is 37.7 Å². The molecule has 3 aromatic rings. The molecule has 0 unspecified atom stereocenters. The minimum atomic E-state index is 0.0946. The van der Waals surface area contributed by atoms with Gasteiger partial charge in [0.15, 0.2) is 5.82 Å². The number of hydrogen-bond donors (Lipinski definition) is 1. The first kappa shape index (κ1) is 19.8. The third-order valence-corrected chi connectivity index (χ3v) is 4.27. The van der Waals surface area contributed by atoms with Crippen LogP contribution in [-0.2, 0) is 0 Å². The number of fused-ring (bicyclic) bond motifs is 1. The van der Waals surface area contributed by atoms with E-state index in [4.69, 9.17) is 9.47 Å². The van der Waals surface area contributed by atoms with Gasteiger partial charge in [0.2, 0.25) is 5.65 Å². The molecule has 28 heavy (non-hydrogen) atoms. The summed E-state index contributed by atoms with van der Waals surface area (Å²) in [6.07, 6.45) is 6.06. The first-order valence-electron chi connectivity index (χ1n) is 9.32. The van der Waals surface area contributed by atoms with Crippen molar-refractivity contribution >= 4 is 5.65 Å². The van der Waals surface area contributed by atoms with Gasteiger partial charge < -0.3 is 14.8 Å². The van der Waals surface area contributed by atoms with Crippen molar-refractivity contribution in [2.24, 2.45) is 0 Å². The summed E-state index contributed by atoms with van der Waals surface area (Å²) in [5.74, 6) is 1.52. The second-order valence-corrected chi connectivity index (χ2v) is 6.41. The van der Waals surface area contributed by atoms with Crippen molar-refractivity contribution in [2.45, 2.75) is 33.2 Å². The molecule has 8 nitrogen and oxygen atoms in total. The molecule has 0 saturated heterocycles. The summed E-state index contributed by atoms with van der Waals surface area (Å²) >= 11 is 0. The fourth-order valence-electron chi connectivity index (χ4n) is 2.87. The van der Waals surface area contributed by atoms with E-state index in [9.17, 15) is 0 Å². The van der Waals surface area contributed by atoms with Gasteiger partial charge in [-0.05, 0) is 32.9 Å². The van der Waals surface area contributed by atoms with Gasteiger partial charge in [0.1, 0.15) is 5.75 Å². The molecule has 0 aromatic carbocycles. The molecule has 3 heterocycles. The molecule has 0 saturated carbocycles. The van der Waals surface area contributed by atoms with Gasteiger partial charge in [-0.1, -0.05) is 13.0 Å². The van der Waals surface area contributed by atoms with Crippen LogP contribution in [-0.4, -0.2) is 44.8 Å². The maximum atomic E-state index is 5.85. The molecule has 3 rings (SSSR count). The van der Waals surface area contributed by atoms with Gasteiger partial charge in [0, 0.05) is 6.04 Å². The van der Waals surface area contributed by atoms with E-state index in [0.29, 0.717) is 36.1 Å². The molecule has 8 heteroatoms. The van der Waals surface area contributed by atoms with E-state index < -0.39 is 0 Å². The third kappa shape index (κ3) is 4.12. The van der Waals surface area contributed by atoms with E-state index in [2.05, 4.69) is 45.8 Å². The summed E-state index contributed by atoms with van der Waals surface area (Å²) in [5, 5.41) is 7.99. The van der Waals surface area contributed by atoms with Crippen LogP contribution < -0.4 is 14.8 Å². The molecule has 148 valence electrons. The molecule has 0 amide bonds. The van der Waals surface area contributed by atoms with Crippen molar-refractivity contribution in [1.82, 2.24) is 29.9 Å². The number of aryl methyl sites for hydroxylation is 1. The maximum Gasteiger partial charge on any atom is 0.261 e. The number of nitrogens with one attached hydrogen (secondary N) is 1. The van der Waals surface area contributed by atoms with E-state index >= 15 is 0 Å². The summed E-state index contributed by atoms with van der Waals surface area (Å²) in [5.41, 5.74) is 3.05. The summed E-state index contributed by atoms with van der Waals surface area (Å²) in [6, 6.07) is 2.04. The number of imidazole rings is 1. The molecule has 0 radical (unpaired) electrons. The molecule has 1 N–H and O–H groups in total. The lowest BCUT2D eigenvalue weighted by Crippen LogP contribution is -2.19. The van der Waals surface area contributed by atoms with Crippen LogP contribution >= 0.6 is 0 Å². The van der Waals surface area contributed by atoms with E-state index in [1.54, 1.807) is 23.9 Å². The highest BCUT2D eigenvalue weighted by atomic mass is 16.5. The average Bonchev–Trinajstić information content (AvgIpc) is 3.08. The largest absolute Gasteiger partial charge is 0.494 e. The Morgan fingerprint density at radius 2 is 2.18 bits per heavy atom. The Kier molecular flexibility index (Phi) is 6.20. The SMILES string of the molecule is C=CCCOc1nc(-c2cc([C@@H](C)NCC)ncc2OC)nn2cc(C)nc12. The molecular weight excluding hydrogens is 356 g/mol. The quantitative estimate of drug-likeness (QED) is 0.449. The topological polar surface area (TPSA) is 86.5 Å². The van der Waals surface area contributed by atoms with E-state index in [1.165, 1.54) is 0 Å². The lowest BCUT2D eigenvalue weighted by molar-refractivity contribution is 0.313. The molecule has 3 aromatic heterocycles. The normalized spacial score (nSPS) is 12.1. The predicted molar refractivity (Wildman–Crippen MR) is 108 cm³/mol. The minimum Gasteiger partial charge on any atom is -0.494 e. The van der Waals surface area contributed by atoms with Crippen LogP contribution in [0.25, 0.3) is 17.0 Å². The lowest BCUT2D eigenvalue weighted by Gasteiger charge is -2.15. The van der Waals surface area contributed by atoms with Gasteiger partial charge in [-0.25, -0.2) is 9.50 Å². The van der Waals surface area contributed by atoms with Crippen LogP contribution in [0.5, 0.6) is 11.6 Å². The highest BCUT2D eigenvalue weighted by Crippen LogP contribution is 2.30. The van der Waals surface area contributed by atoms with Crippen LogP contribution in [0.3, 0.4) is 0 Å². The fraction of sp³-hybridized carbons (Fsp3) is 0.400. The Morgan fingerprint density at radius 1 is 1.36 bits per heavy atom. The summed E-state index contributed by atoms with van der Waals surface area (Å²) in [4.78, 5) is 13.6. The Bertz CT molecular complexity index is 969. The van der Waals surface area contributed by atoms with Gasteiger partial charge >= 0.3 is 0 Å². The Morgan fingerprint density at radius 3 is 2.89 bits per heavy atom. The van der Waals surface area contributed by atoms with E-state index in [0.717, 1.165) is 23.5 Å². The standard InChI is InChI=1S/C20H26N6O2/c1-6-8-9-28-20-19-23-13(3)12-26(19)25-18(24-20)15-10-16(14(4)21-7-2)22-11-17(15)27-5/h6,10-12,14,21H,1,7-9H2,2-5H3/t14-/m1/s1.